The molecular weight excluding hydrogens is 581 g/mol. The Bertz CT molecular complexity index is 2850. The van der Waals surface area contributed by atoms with E-state index >= 15 is 0 Å². The van der Waals surface area contributed by atoms with Crippen molar-refractivity contribution in [2.45, 2.75) is 0 Å². The zero-order valence-electron chi connectivity index (χ0n) is 26.1. The normalized spacial score (nSPS) is 12.6. The SMILES string of the molecule is C1=[N+]=CC(c2ccc3c(ccc4c5ccc(-c6ccc(-c7cccc8ccccc78)cc6)cc5n(-c5cccc6ccccc56)c34)c2)=C1. The van der Waals surface area contributed by atoms with E-state index in [4.69, 9.17) is 0 Å². The van der Waals surface area contributed by atoms with Crippen LogP contribution in [0, 0.1) is 0 Å². The fourth-order valence-corrected chi connectivity index (χ4v) is 7.63. The molecule has 48 heavy (non-hydrogen) atoms. The van der Waals surface area contributed by atoms with Gasteiger partial charge in [-0.1, -0.05) is 140 Å². The summed E-state index contributed by atoms with van der Waals surface area (Å²) < 4.78 is 6.79. The van der Waals surface area contributed by atoms with Gasteiger partial charge in [0, 0.05) is 27.6 Å². The summed E-state index contributed by atoms with van der Waals surface area (Å²) in [6.07, 6.45) is 5.86. The van der Waals surface area contributed by atoms with Crippen LogP contribution in [0.5, 0.6) is 0 Å². The second-order valence-electron chi connectivity index (χ2n) is 12.6. The van der Waals surface area contributed by atoms with Crippen molar-refractivity contribution in [3.8, 4) is 27.9 Å². The second-order valence-corrected chi connectivity index (χ2v) is 12.6. The predicted molar refractivity (Wildman–Crippen MR) is 206 cm³/mol. The first-order chi connectivity index (χ1) is 23.8. The van der Waals surface area contributed by atoms with E-state index in [1.165, 1.54) is 87.6 Å². The number of nitrogens with zero attached hydrogens (tertiary/aromatic N) is 2. The van der Waals surface area contributed by atoms with Crippen molar-refractivity contribution in [3.05, 3.63) is 169 Å². The van der Waals surface area contributed by atoms with Gasteiger partial charge in [0.25, 0.3) is 12.4 Å². The average molecular weight is 610 g/mol. The first kappa shape index (κ1) is 26.7. The molecule has 0 unspecified atom stereocenters. The van der Waals surface area contributed by atoms with Crippen LogP contribution in [0.1, 0.15) is 5.56 Å². The Balaban J connectivity index is 1.20. The lowest BCUT2D eigenvalue weighted by Gasteiger charge is -2.14. The molecule has 0 saturated heterocycles. The summed E-state index contributed by atoms with van der Waals surface area (Å²) in [7, 11) is 0. The molecule has 1 aromatic heterocycles. The van der Waals surface area contributed by atoms with Gasteiger partial charge in [-0.25, -0.2) is 0 Å². The molecule has 1 aliphatic heterocycles. The van der Waals surface area contributed by atoms with Gasteiger partial charge in [0.05, 0.1) is 22.3 Å². The third kappa shape index (κ3) is 4.11. The van der Waals surface area contributed by atoms with Crippen molar-refractivity contribution in [2.75, 3.05) is 0 Å². The third-order valence-corrected chi connectivity index (χ3v) is 9.96. The minimum atomic E-state index is 1.14. The maximum absolute atomic E-state index is 4.30. The molecule has 10 rings (SSSR count). The Kier molecular flexibility index (Phi) is 5.86. The number of allylic oxidation sites excluding steroid dienone is 2. The smallest absolute Gasteiger partial charge is 0.300 e. The van der Waals surface area contributed by atoms with Crippen LogP contribution >= 0.6 is 0 Å². The van der Waals surface area contributed by atoms with E-state index in [1.807, 2.05) is 12.4 Å². The highest BCUT2D eigenvalue weighted by Crippen LogP contribution is 2.41. The first-order valence-electron chi connectivity index (χ1n) is 16.4. The maximum atomic E-state index is 4.30. The quantitative estimate of drug-likeness (QED) is 0.177. The van der Waals surface area contributed by atoms with E-state index in [0.717, 1.165) is 5.57 Å². The highest BCUT2D eigenvalue weighted by atomic mass is 15.0. The van der Waals surface area contributed by atoms with Gasteiger partial charge in [-0.3, -0.25) is 0 Å². The largest absolute Gasteiger partial charge is 0.308 e. The van der Waals surface area contributed by atoms with Crippen LogP contribution in [-0.4, -0.2) is 17.0 Å². The second kappa shape index (κ2) is 10.5. The van der Waals surface area contributed by atoms with E-state index in [9.17, 15) is 0 Å². The van der Waals surface area contributed by atoms with Crippen LogP contribution in [-0.2, 0) is 0 Å². The number of hydrogen-bond donors (Lipinski definition) is 0. The van der Waals surface area contributed by atoms with Crippen LogP contribution in [0.3, 0.4) is 0 Å². The van der Waals surface area contributed by atoms with Crippen molar-refractivity contribution in [3.63, 3.8) is 0 Å². The summed E-state index contributed by atoms with van der Waals surface area (Å²) in [5.41, 5.74) is 10.8. The van der Waals surface area contributed by atoms with Crippen LogP contribution in [0.15, 0.2) is 164 Å². The van der Waals surface area contributed by atoms with Crippen LogP contribution in [0.2, 0.25) is 0 Å². The van der Waals surface area contributed by atoms with Gasteiger partial charge < -0.3 is 4.57 Å². The van der Waals surface area contributed by atoms with Gasteiger partial charge in [-0.05, 0) is 67.6 Å². The number of benzene rings is 8. The van der Waals surface area contributed by atoms with Gasteiger partial charge in [-0.15, -0.1) is 4.67 Å². The fraction of sp³-hybridized carbons (Fsp3) is 0. The highest BCUT2D eigenvalue weighted by molar-refractivity contribution is 6.22. The Hall–Kier alpha value is -6.47. The van der Waals surface area contributed by atoms with E-state index in [1.54, 1.807) is 0 Å². The molecule has 0 radical (unpaired) electrons. The van der Waals surface area contributed by atoms with Gasteiger partial charge >= 0.3 is 0 Å². The van der Waals surface area contributed by atoms with Gasteiger partial charge in [0.15, 0.2) is 0 Å². The molecule has 0 saturated carbocycles. The molecule has 2 heteroatoms. The van der Waals surface area contributed by atoms with E-state index in [0.29, 0.717) is 0 Å². The lowest BCUT2D eigenvalue weighted by molar-refractivity contribution is 1.20. The van der Waals surface area contributed by atoms with Crippen molar-refractivity contribution >= 4 is 72.1 Å². The average Bonchev–Trinajstić information content (AvgIpc) is 3.81. The molecule has 9 aromatic rings. The first-order valence-corrected chi connectivity index (χ1v) is 16.4. The zero-order chi connectivity index (χ0) is 31.6. The van der Waals surface area contributed by atoms with Gasteiger partial charge in [0.1, 0.15) is 0 Å². The predicted octanol–water partition coefficient (Wildman–Crippen LogP) is 11.2. The summed E-state index contributed by atoms with van der Waals surface area (Å²) in [5, 5.41) is 9.97. The minimum Gasteiger partial charge on any atom is -0.308 e. The van der Waals surface area contributed by atoms with Crippen molar-refractivity contribution in [2.24, 2.45) is 0 Å². The molecule has 0 spiro atoms. The molecule has 1 aliphatic rings. The summed E-state index contributed by atoms with van der Waals surface area (Å²) in [6.45, 7) is 0. The minimum absolute atomic E-state index is 1.14. The van der Waals surface area contributed by atoms with E-state index in [2.05, 4.69) is 173 Å². The Morgan fingerprint density at radius 2 is 1.08 bits per heavy atom. The summed E-state index contributed by atoms with van der Waals surface area (Å²) in [6, 6.07) is 57.9. The summed E-state index contributed by atoms with van der Waals surface area (Å²) >= 11 is 0. The molecule has 2 heterocycles. The van der Waals surface area contributed by atoms with Crippen LogP contribution in [0.25, 0.3) is 87.6 Å². The molecule has 8 aromatic carbocycles. The molecule has 0 atom stereocenters. The zero-order valence-corrected chi connectivity index (χ0v) is 26.1. The molecule has 0 bridgehead atoms. The molecule has 2 nitrogen and oxygen atoms in total. The van der Waals surface area contributed by atoms with E-state index in [-0.39, 0.29) is 0 Å². The molecule has 0 amide bonds. The lowest BCUT2D eigenvalue weighted by atomic mass is 9.96. The maximum Gasteiger partial charge on any atom is 0.300 e. The summed E-state index contributed by atoms with van der Waals surface area (Å²) in [5.74, 6) is 0. The number of aromatic nitrogens is 1. The third-order valence-electron chi connectivity index (χ3n) is 9.96. The fourth-order valence-electron chi connectivity index (χ4n) is 7.63. The number of hydrogen-bond acceptors (Lipinski definition) is 0. The van der Waals surface area contributed by atoms with Gasteiger partial charge in [-0.2, -0.15) is 0 Å². The monoisotopic (exact) mass is 609 g/mol. The Morgan fingerprint density at radius 3 is 1.92 bits per heavy atom. The number of fused-ring (bicyclic) bond motifs is 7. The van der Waals surface area contributed by atoms with Crippen molar-refractivity contribution in [1.29, 1.82) is 0 Å². The molecule has 0 fully saturated rings. The molecule has 0 aliphatic carbocycles. The topological polar surface area (TPSA) is 19.0 Å². The molecular formula is C46H29N2+. The van der Waals surface area contributed by atoms with Crippen molar-refractivity contribution in [1.82, 2.24) is 9.24 Å². The van der Waals surface area contributed by atoms with Crippen molar-refractivity contribution < 1.29 is 0 Å². The van der Waals surface area contributed by atoms with Crippen LogP contribution < -0.4 is 4.67 Å². The lowest BCUT2D eigenvalue weighted by Crippen LogP contribution is -1.96. The Morgan fingerprint density at radius 1 is 0.417 bits per heavy atom. The standard InChI is InChI=1S/C46H29N2/c1-3-11-38-31(7-1)9-5-13-39(38)33-17-15-30(16-18-33)35-20-23-42-43-24-21-36-27-34(37-25-26-47-29-37)19-22-41(36)46(43)48(45(42)28-35)44-14-6-10-32-8-2-4-12-40(32)44/h1-29H/q+1. The van der Waals surface area contributed by atoms with E-state index < -0.39 is 0 Å². The number of rotatable bonds is 4. The van der Waals surface area contributed by atoms with Gasteiger partial charge in [0.2, 0.25) is 0 Å². The van der Waals surface area contributed by atoms with Crippen LogP contribution in [0.4, 0.5) is 0 Å². The summed E-state index contributed by atoms with van der Waals surface area (Å²) in [4.78, 5) is 0. The highest BCUT2D eigenvalue weighted by Gasteiger charge is 2.19. The molecule has 222 valence electrons. The Labute approximate surface area is 277 Å². The molecule has 0 N–H and O–H groups in total.